The zero-order chi connectivity index (χ0) is 24.0. The van der Waals surface area contributed by atoms with Crippen molar-refractivity contribution in [2.24, 2.45) is 7.05 Å². The minimum Gasteiger partial charge on any atom is -0.196 e. The third kappa shape index (κ3) is 5.04. The third-order valence-corrected chi connectivity index (χ3v) is 21.1. The quantitative estimate of drug-likeness (QED) is 0.311. The highest BCUT2D eigenvalue weighted by atomic mass is 31.2. The number of rotatable bonds is 5. The van der Waals surface area contributed by atoms with Crippen molar-refractivity contribution in [3.05, 3.63) is 42.0 Å². The van der Waals surface area contributed by atoms with Gasteiger partial charge in [-0.15, -0.1) is 0 Å². The summed E-state index contributed by atoms with van der Waals surface area (Å²) in [5.41, 5.74) is 2.94. The summed E-state index contributed by atoms with van der Waals surface area (Å²) in [6.07, 6.45) is 2.31. The van der Waals surface area contributed by atoms with Crippen molar-refractivity contribution in [3.63, 3.8) is 0 Å². The molecule has 0 N–H and O–H groups in total. The molecule has 1 aromatic rings. The fourth-order valence-corrected chi connectivity index (χ4v) is 14.1. The third-order valence-electron chi connectivity index (χ3n) is 8.00. The van der Waals surface area contributed by atoms with E-state index in [0.717, 1.165) is 6.16 Å². The lowest BCUT2D eigenvalue weighted by atomic mass is 10.2. The number of aromatic nitrogens is 1. The van der Waals surface area contributed by atoms with E-state index in [-0.39, 0.29) is 10.3 Å². The van der Waals surface area contributed by atoms with E-state index in [1.807, 2.05) is 0 Å². The van der Waals surface area contributed by atoms with Crippen molar-refractivity contribution in [2.75, 3.05) is 6.66 Å². The van der Waals surface area contributed by atoms with Crippen LogP contribution in [0.1, 0.15) is 94.5 Å². The highest BCUT2D eigenvalue weighted by Gasteiger charge is 2.58. The van der Waals surface area contributed by atoms with Gasteiger partial charge in [-0.2, -0.15) is 4.57 Å². The van der Waals surface area contributed by atoms with Crippen molar-refractivity contribution in [2.45, 2.75) is 116 Å². The maximum Gasteiger partial charge on any atom is 0.219 e. The van der Waals surface area contributed by atoms with Gasteiger partial charge in [0, 0.05) is 19.4 Å². The molecule has 172 valence electrons. The van der Waals surface area contributed by atoms with Crippen LogP contribution >= 0.6 is 14.5 Å². The highest BCUT2D eigenvalue weighted by molar-refractivity contribution is 7.80. The Labute approximate surface area is 190 Å². The molecule has 30 heavy (non-hydrogen) atoms. The molecule has 0 fully saturated rings. The Balaban J connectivity index is 3.57. The molecule has 0 aliphatic carbocycles. The summed E-state index contributed by atoms with van der Waals surface area (Å²) in [4.78, 5) is 0. The van der Waals surface area contributed by atoms with Gasteiger partial charge in [0.05, 0.1) is 40.4 Å². The summed E-state index contributed by atoms with van der Waals surface area (Å²) < 4.78 is 2.52. The first-order chi connectivity index (χ1) is 13.1. The Morgan fingerprint density at radius 3 is 1.40 bits per heavy atom. The molecule has 3 heteroatoms. The maximum atomic E-state index is 4.38. The van der Waals surface area contributed by atoms with E-state index < -0.39 is 14.5 Å². The van der Waals surface area contributed by atoms with Crippen LogP contribution in [-0.2, 0) is 19.4 Å². The van der Waals surface area contributed by atoms with Gasteiger partial charge < -0.3 is 0 Å². The molecule has 0 saturated carbocycles. The summed E-state index contributed by atoms with van der Waals surface area (Å²) >= 11 is 0. The fourth-order valence-electron chi connectivity index (χ4n) is 5.15. The number of hydrogen-bond acceptors (Lipinski definition) is 0. The van der Waals surface area contributed by atoms with Gasteiger partial charge in [-0.05, 0) is 89.2 Å². The minimum absolute atomic E-state index is 0.230. The molecule has 0 saturated heterocycles. The van der Waals surface area contributed by atoms with E-state index >= 15 is 0 Å². The minimum atomic E-state index is -1.48. The van der Waals surface area contributed by atoms with Crippen LogP contribution in [0.15, 0.2) is 30.6 Å². The van der Waals surface area contributed by atoms with Crippen LogP contribution in [0, 0.1) is 0 Å². The first-order valence-electron chi connectivity index (χ1n) is 11.5. The van der Waals surface area contributed by atoms with E-state index in [0.29, 0.717) is 10.3 Å². The Morgan fingerprint density at radius 2 is 1.10 bits per heavy atom. The maximum absolute atomic E-state index is 4.38. The first-order valence-corrected chi connectivity index (χ1v) is 16.0. The van der Waals surface area contributed by atoms with Crippen molar-refractivity contribution >= 4 is 14.5 Å². The summed E-state index contributed by atoms with van der Waals surface area (Å²) in [7, 11) is -0.443. The van der Waals surface area contributed by atoms with E-state index in [1.54, 1.807) is 0 Å². The van der Waals surface area contributed by atoms with Gasteiger partial charge in [0.2, 0.25) is 11.4 Å². The molecule has 0 atom stereocenters. The largest absolute Gasteiger partial charge is 0.219 e. The first kappa shape index (κ1) is 27.8. The smallest absolute Gasteiger partial charge is 0.196 e. The van der Waals surface area contributed by atoms with E-state index in [4.69, 9.17) is 0 Å². The lowest BCUT2D eigenvalue weighted by molar-refractivity contribution is -0.684. The Hall–Kier alpha value is -0.250. The number of hydrogen-bond donors (Lipinski definition) is 0. The summed E-state index contributed by atoms with van der Waals surface area (Å²) in [5, 5.41) is 1.11. The van der Waals surface area contributed by atoms with Crippen molar-refractivity contribution in [1.82, 2.24) is 0 Å². The summed E-state index contributed by atoms with van der Waals surface area (Å²) in [6, 6.07) is 7.01. The zero-order valence-electron chi connectivity index (χ0n) is 22.8. The molecule has 0 bridgehead atoms. The standard InChI is InChI=1S/C27H52NP2/c1-16-30(26(8,9)10,27(11,12)13)21-23-19-17-18-22(28(23)14)20-29(15,24(2,3)4)25(5,6)7/h16-19H,1,20-21H2,2-15H3/q+3. The number of pyridine rings is 1. The molecule has 0 aromatic carbocycles. The molecule has 1 heterocycles. The molecular formula is C27H52NP2+3. The predicted octanol–water partition coefficient (Wildman–Crippen LogP) is 8.51. The predicted molar refractivity (Wildman–Crippen MR) is 144 cm³/mol. The molecule has 0 radical (unpaired) electrons. The highest BCUT2D eigenvalue weighted by Crippen LogP contribution is 2.79. The molecular weight excluding hydrogens is 400 g/mol. The molecule has 1 aromatic heterocycles. The van der Waals surface area contributed by atoms with Crippen LogP contribution in [0.4, 0.5) is 0 Å². The zero-order valence-corrected chi connectivity index (χ0v) is 24.6. The Bertz CT molecular complexity index is 721. The fraction of sp³-hybridized carbons (Fsp3) is 0.741. The van der Waals surface area contributed by atoms with E-state index in [2.05, 4.69) is 132 Å². The molecule has 0 spiro atoms. The van der Waals surface area contributed by atoms with Gasteiger partial charge in [0.15, 0.2) is 0 Å². The molecule has 0 unspecified atom stereocenters. The lowest BCUT2D eigenvalue weighted by Gasteiger charge is -2.44. The second kappa shape index (κ2) is 8.60. The number of nitrogens with zero attached hydrogens (tertiary/aromatic N) is 1. The van der Waals surface area contributed by atoms with Crippen molar-refractivity contribution in [3.8, 4) is 0 Å². The van der Waals surface area contributed by atoms with Crippen LogP contribution < -0.4 is 4.57 Å². The second-order valence-corrected chi connectivity index (χ2v) is 23.8. The average Bonchev–Trinajstić information content (AvgIpc) is 2.51. The van der Waals surface area contributed by atoms with Gasteiger partial charge >= 0.3 is 0 Å². The average molecular weight is 453 g/mol. The van der Waals surface area contributed by atoms with Crippen LogP contribution in [-0.4, -0.2) is 27.3 Å². The normalized spacial score (nSPS) is 14.7. The van der Waals surface area contributed by atoms with Crippen LogP contribution in [0.25, 0.3) is 0 Å². The lowest BCUT2D eigenvalue weighted by Crippen LogP contribution is -2.43. The second-order valence-electron chi connectivity index (χ2n) is 13.3. The van der Waals surface area contributed by atoms with Crippen molar-refractivity contribution < 1.29 is 4.57 Å². The molecule has 1 nitrogen and oxygen atoms in total. The molecule has 0 aliphatic heterocycles. The summed E-state index contributed by atoms with van der Waals surface area (Å²) in [5.74, 6) is 2.35. The van der Waals surface area contributed by atoms with E-state index in [9.17, 15) is 0 Å². The van der Waals surface area contributed by atoms with Gasteiger partial charge in [0.25, 0.3) is 0 Å². The monoisotopic (exact) mass is 452 g/mol. The van der Waals surface area contributed by atoms with Gasteiger partial charge in [-0.25, -0.2) is 0 Å². The van der Waals surface area contributed by atoms with Gasteiger partial charge in [-0.3, -0.25) is 0 Å². The van der Waals surface area contributed by atoms with Crippen LogP contribution in [0.2, 0.25) is 0 Å². The van der Waals surface area contributed by atoms with Gasteiger partial charge in [-0.1, -0.05) is 6.58 Å². The van der Waals surface area contributed by atoms with Crippen LogP contribution in [0.3, 0.4) is 0 Å². The van der Waals surface area contributed by atoms with Gasteiger partial charge in [0.1, 0.15) is 19.4 Å². The Morgan fingerprint density at radius 1 is 0.733 bits per heavy atom. The molecule has 0 aliphatic rings. The van der Waals surface area contributed by atoms with Crippen molar-refractivity contribution in [1.29, 1.82) is 0 Å². The van der Waals surface area contributed by atoms with E-state index in [1.165, 1.54) is 17.5 Å². The Kier molecular flexibility index (Phi) is 7.96. The summed E-state index contributed by atoms with van der Waals surface area (Å²) in [6.45, 7) is 36.2. The van der Waals surface area contributed by atoms with Crippen LogP contribution in [0.5, 0.6) is 0 Å². The molecule has 1 rings (SSSR count). The SMILES string of the molecule is C=C[P+](Cc1cccc(C[P+](C)(C(C)(C)C)C(C)(C)C)[n+]1C)(C(C)(C)C)C(C)(C)C. The molecule has 0 amide bonds. The topological polar surface area (TPSA) is 3.88 Å².